The van der Waals surface area contributed by atoms with Crippen molar-refractivity contribution >= 4 is 16.7 Å². The minimum Gasteiger partial charge on any atom is -0.508 e. The third-order valence-corrected chi connectivity index (χ3v) is 6.40. The Balaban J connectivity index is 1.33. The maximum Gasteiger partial charge on any atom is 0.230 e. The average molecular weight is 435 g/mol. The zero-order chi connectivity index (χ0) is 21.9. The molecule has 0 aliphatic carbocycles. The van der Waals surface area contributed by atoms with Crippen LogP contribution >= 0.6 is 0 Å². The molecule has 3 heterocycles. The molecule has 2 aromatic carbocycles. The largest absolute Gasteiger partial charge is 0.508 e. The summed E-state index contributed by atoms with van der Waals surface area (Å²) in [6, 6.07) is 13.8. The summed E-state index contributed by atoms with van der Waals surface area (Å²) in [7, 11) is 0. The summed E-state index contributed by atoms with van der Waals surface area (Å²) in [5.74, 6) is 1.88. The van der Waals surface area contributed by atoms with Crippen LogP contribution in [-0.4, -0.2) is 47.6 Å². The first kappa shape index (κ1) is 20.8. The number of aromatic hydroxyl groups is 1. The van der Waals surface area contributed by atoms with Crippen molar-refractivity contribution in [3.63, 3.8) is 0 Å². The summed E-state index contributed by atoms with van der Waals surface area (Å²) in [5.41, 5.74) is 4.25. The molecule has 1 saturated heterocycles. The van der Waals surface area contributed by atoms with E-state index in [4.69, 9.17) is 14.2 Å². The Morgan fingerprint density at radius 2 is 1.84 bits per heavy atom. The number of fused-ring (bicyclic) bond motifs is 1. The molecule has 0 unspecified atom stereocenters. The smallest absolute Gasteiger partial charge is 0.230 e. The van der Waals surface area contributed by atoms with Gasteiger partial charge in [-0.05, 0) is 74.3 Å². The molecule has 1 fully saturated rings. The number of hydrogen-bond donors (Lipinski definition) is 1. The fraction of sp³-hybridized carbons (Fsp3) is 0.385. The van der Waals surface area contributed by atoms with Crippen LogP contribution in [0.4, 0.5) is 0 Å². The number of phenols is 1. The van der Waals surface area contributed by atoms with Crippen molar-refractivity contribution in [3.05, 3.63) is 65.5 Å². The van der Waals surface area contributed by atoms with Gasteiger partial charge in [-0.25, -0.2) is 0 Å². The summed E-state index contributed by atoms with van der Waals surface area (Å²) < 4.78 is 19.2. The monoisotopic (exact) mass is 434 g/mol. The Hall–Kier alpha value is -3.12. The van der Waals surface area contributed by atoms with Gasteiger partial charge in [0.25, 0.3) is 0 Å². The van der Waals surface area contributed by atoms with Crippen molar-refractivity contribution in [2.45, 2.75) is 32.7 Å². The number of aromatic nitrogens is 1. The Bertz CT molecular complexity index is 1110. The molecule has 6 heteroatoms. The summed E-state index contributed by atoms with van der Waals surface area (Å²) >= 11 is 0. The molecule has 0 spiro atoms. The normalized spacial score (nSPS) is 16.6. The maximum atomic E-state index is 10.00. The molecule has 0 atom stereocenters. The maximum absolute atomic E-state index is 10.00. The van der Waals surface area contributed by atoms with E-state index in [1.54, 1.807) is 18.4 Å². The zero-order valence-corrected chi connectivity index (χ0v) is 18.5. The molecule has 0 bridgehead atoms. The van der Waals surface area contributed by atoms with Gasteiger partial charge in [0.2, 0.25) is 6.79 Å². The SMILES string of the molecule is Cc1c(C2=COCO2)n(Cc2ccc(OCCN3CCCCC3)cc2)c2ccc(O)cc12. The van der Waals surface area contributed by atoms with Gasteiger partial charge in [0.05, 0.1) is 5.69 Å². The van der Waals surface area contributed by atoms with Crippen molar-refractivity contribution in [3.8, 4) is 11.5 Å². The van der Waals surface area contributed by atoms with Gasteiger partial charge in [0, 0.05) is 24.0 Å². The first-order chi connectivity index (χ1) is 15.7. The molecule has 1 N–H and O–H groups in total. The van der Waals surface area contributed by atoms with E-state index in [9.17, 15) is 5.11 Å². The number of phenolic OH excluding ortho intramolecular Hbond substituents is 1. The third kappa shape index (κ3) is 4.28. The van der Waals surface area contributed by atoms with Crippen LogP contribution in [-0.2, 0) is 16.0 Å². The predicted molar refractivity (Wildman–Crippen MR) is 125 cm³/mol. The van der Waals surface area contributed by atoms with Gasteiger partial charge >= 0.3 is 0 Å². The standard InChI is InChI=1S/C26H30N2O4/c1-19-23-15-21(29)7-10-24(23)28(26(19)25-17-30-18-32-25)16-20-5-8-22(9-6-20)31-14-13-27-11-3-2-4-12-27/h5-10,15,17,29H,2-4,11-14,16,18H2,1H3. The van der Waals surface area contributed by atoms with Crippen LogP contribution in [0.5, 0.6) is 11.5 Å². The van der Waals surface area contributed by atoms with E-state index in [1.165, 1.54) is 37.9 Å². The molecule has 5 rings (SSSR count). The highest BCUT2D eigenvalue weighted by molar-refractivity contribution is 5.90. The van der Waals surface area contributed by atoms with Crippen molar-refractivity contribution < 1.29 is 19.3 Å². The average Bonchev–Trinajstić information content (AvgIpc) is 3.43. The number of hydrogen-bond acceptors (Lipinski definition) is 5. The van der Waals surface area contributed by atoms with Crippen molar-refractivity contribution in [2.75, 3.05) is 33.0 Å². The molecular weight excluding hydrogens is 404 g/mol. The second-order valence-corrected chi connectivity index (χ2v) is 8.57. The fourth-order valence-corrected chi connectivity index (χ4v) is 4.71. The van der Waals surface area contributed by atoms with Gasteiger partial charge in [0.15, 0.2) is 5.76 Å². The molecule has 2 aliphatic heterocycles. The molecule has 32 heavy (non-hydrogen) atoms. The van der Waals surface area contributed by atoms with Crippen LogP contribution in [0.15, 0.2) is 48.7 Å². The lowest BCUT2D eigenvalue weighted by Crippen LogP contribution is -2.33. The fourth-order valence-electron chi connectivity index (χ4n) is 4.71. The van der Waals surface area contributed by atoms with Crippen LogP contribution in [0.2, 0.25) is 0 Å². The summed E-state index contributed by atoms with van der Waals surface area (Å²) in [4.78, 5) is 2.49. The Kier molecular flexibility index (Phi) is 5.95. The Morgan fingerprint density at radius 1 is 1.03 bits per heavy atom. The first-order valence-corrected chi connectivity index (χ1v) is 11.4. The number of ether oxygens (including phenoxy) is 3. The summed E-state index contributed by atoms with van der Waals surface area (Å²) in [6.07, 6.45) is 5.63. The second-order valence-electron chi connectivity index (χ2n) is 8.57. The molecule has 6 nitrogen and oxygen atoms in total. The predicted octanol–water partition coefficient (Wildman–Crippen LogP) is 4.87. The molecule has 1 aromatic heterocycles. The van der Waals surface area contributed by atoms with Gasteiger partial charge in [-0.2, -0.15) is 0 Å². The van der Waals surface area contributed by atoms with E-state index in [2.05, 4.69) is 28.5 Å². The van der Waals surface area contributed by atoms with Gasteiger partial charge < -0.3 is 23.9 Å². The Morgan fingerprint density at radius 3 is 2.59 bits per heavy atom. The van der Waals surface area contributed by atoms with E-state index in [1.807, 2.05) is 18.2 Å². The summed E-state index contributed by atoms with van der Waals surface area (Å²) in [6.45, 7) is 7.05. The summed E-state index contributed by atoms with van der Waals surface area (Å²) in [5, 5.41) is 11.0. The lowest BCUT2D eigenvalue weighted by Gasteiger charge is -2.26. The second kappa shape index (κ2) is 9.17. The number of likely N-dealkylation sites (tertiary alicyclic amines) is 1. The molecule has 168 valence electrons. The minimum absolute atomic E-state index is 0.227. The van der Waals surface area contributed by atoms with Crippen LogP contribution < -0.4 is 4.74 Å². The van der Waals surface area contributed by atoms with E-state index in [-0.39, 0.29) is 12.5 Å². The van der Waals surface area contributed by atoms with Gasteiger partial charge in [-0.1, -0.05) is 18.6 Å². The highest BCUT2D eigenvalue weighted by atomic mass is 16.7. The van der Waals surface area contributed by atoms with Crippen molar-refractivity contribution in [2.24, 2.45) is 0 Å². The van der Waals surface area contributed by atoms with E-state index in [0.29, 0.717) is 6.54 Å². The lowest BCUT2D eigenvalue weighted by molar-refractivity contribution is 0.1000. The third-order valence-electron chi connectivity index (χ3n) is 6.40. The van der Waals surface area contributed by atoms with Crippen LogP contribution in [0.25, 0.3) is 16.7 Å². The zero-order valence-electron chi connectivity index (χ0n) is 18.5. The van der Waals surface area contributed by atoms with Crippen LogP contribution in [0.3, 0.4) is 0 Å². The van der Waals surface area contributed by atoms with Crippen molar-refractivity contribution in [1.29, 1.82) is 0 Å². The number of piperidine rings is 1. The topological polar surface area (TPSA) is 56.1 Å². The quantitative estimate of drug-likeness (QED) is 0.575. The number of benzene rings is 2. The molecular formula is C26H30N2O4. The lowest BCUT2D eigenvalue weighted by atomic mass is 10.1. The number of rotatable bonds is 7. The van der Waals surface area contributed by atoms with Crippen LogP contribution in [0, 0.1) is 6.92 Å². The van der Waals surface area contributed by atoms with E-state index in [0.717, 1.165) is 46.8 Å². The highest BCUT2D eigenvalue weighted by Crippen LogP contribution is 2.35. The van der Waals surface area contributed by atoms with E-state index < -0.39 is 0 Å². The van der Waals surface area contributed by atoms with E-state index >= 15 is 0 Å². The number of nitrogens with zero attached hydrogens (tertiary/aromatic N) is 2. The number of aryl methyl sites for hydroxylation is 1. The van der Waals surface area contributed by atoms with Gasteiger partial charge in [0.1, 0.15) is 24.4 Å². The van der Waals surface area contributed by atoms with Gasteiger partial charge in [-0.15, -0.1) is 0 Å². The Labute approximate surface area is 188 Å². The molecule has 0 saturated carbocycles. The molecule has 2 aliphatic rings. The van der Waals surface area contributed by atoms with Crippen LogP contribution in [0.1, 0.15) is 36.1 Å². The first-order valence-electron chi connectivity index (χ1n) is 11.4. The van der Waals surface area contributed by atoms with Gasteiger partial charge in [-0.3, -0.25) is 4.90 Å². The minimum atomic E-state index is 0.227. The van der Waals surface area contributed by atoms with Crippen molar-refractivity contribution in [1.82, 2.24) is 9.47 Å². The molecule has 0 radical (unpaired) electrons. The molecule has 3 aromatic rings. The highest BCUT2D eigenvalue weighted by Gasteiger charge is 2.22. The molecule has 0 amide bonds.